The molecule has 2 N–H and O–H groups in total. The molecule has 1 heterocycles. The van der Waals surface area contributed by atoms with Crippen molar-refractivity contribution in [3.05, 3.63) is 29.3 Å². The average Bonchev–Trinajstić information content (AvgIpc) is 2.88. The van der Waals surface area contributed by atoms with Gasteiger partial charge in [-0.1, -0.05) is 25.0 Å². The molecule has 0 saturated heterocycles. The smallest absolute Gasteiger partial charge is 0.0431 e. The van der Waals surface area contributed by atoms with E-state index in [0.29, 0.717) is 12.6 Å². The molecule has 1 unspecified atom stereocenters. The molecule has 3 nitrogen and oxygen atoms in total. The zero-order chi connectivity index (χ0) is 14.4. The highest BCUT2D eigenvalue weighted by Crippen LogP contribution is 2.30. The normalized spacial score (nSPS) is 15.4. The fourth-order valence-electron chi connectivity index (χ4n) is 2.93. The van der Waals surface area contributed by atoms with Gasteiger partial charge in [-0.05, 0) is 50.4 Å². The Kier molecular flexibility index (Phi) is 5.86. The van der Waals surface area contributed by atoms with E-state index in [-0.39, 0.29) is 0 Å². The first-order valence-electron chi connectivity index (χ1n) is 7.92. The quantitative estimate of drug-likeness (QED) is 0.717. The summed E-state index contributed by atoms with van der Waals surface area (Å²) < 4.78 is 0. The number of anilines is 1. The summed E-state index contributed by atoms with van der Waals surface area (Å²) in [6.07, 6.45) is 5.73. The van der Waals surface area contributed by atoms with Crippen LogP contribution in [-0.4, -0.2) is 31.9 Å². The zero-order valence-corrected chi connectivity index (χ0v) is 12.9. The molecule has 1 aliphatic heterocycles. The van der Waals surface area contributed by atoms with Crippen molar-refractivity contribution in [2.24, 2.45) is 0 Å². The Hall–Kier alpha value is -1.06. The zero-order valence-electron chi connectivity index (χ0n) is 12.9. The van der Waals surface area contributed by atoms with E-state index in [2.05, 4.69) is 35.3 Å². The molecule has 0 spiro atoms. The van der Waals surface area contributed by atoms with E-state index in [9.17, 15) is 0 Å². The molecule has 0 amide bonds. The van der Waals surface area contributed by atoms with Gasteiger partial charge in [-0.2, -0.15) is 0 Å². The summed E-state index contributed by atoms with van der Waals surface area (Å²) in [6, 6.07) is 7.33. The van der Waals surface area contributed by atoms with Gasteiger partial charge < -0.3 is 15.3 Å². The van der Waals surface area contributed by atoms with E-state index in [1.165, 1.54) is 36.1 Å². The van der Waals surface area contributed by atoms with Gasteiger partial charge in [-0.15, -0.1) is 0 Å². The van der Waals surface area contributed by atoms with Gasteiger partial charge >= 0.3 is 0 Å². The summed E-state index contributed by atoms with van der Waals surface area (Å²) in [4.78, 5) is 2.52. The van der Waals surface area contributed by atoms with Crippen LogP contribution in [0.4, 0.5) is 5.69 Å². The van der Waals surface area contributed by atoms with Crippen LogP contribution in [0, 0.1) is 0 Å². The molecule has 1 aromatic carbocycles. The van der Waals surface area contributed by atoms with E-state index in [1.807, 2.05) is 7.05 Å². The molecule has 1 atom stereocenters. The first-order valence-corrected chi connectivity index (χ1v) is 7.92. The Bertz CT molecular complexity index is 419. The van der Waals surface area contributed by atoms with Gasteiger partial charge in [0.25, 0.3) is 0 Å². The van der Waals surface area contributed by atoms with Gasteiger partial charge in [-0.3, -0.25) is 0 Å². The molecule has 0 radical (unpaired) electrons. The van der Waals surface area contributed by atoms with E-state index in [0.717, 1.165) is 25.9 Å². The standard InChI is InChI=1S/C17H28N2O/c1-14(18-2)15-7-8-17-16(13-15)9-11-19(17)10-5-3-4-6-12-20/h7-8,13-14,18,20H,3-6,9-12H2,1-2H3. The first-order chi connectivity index (χ1) is 9.76. The Morgan fingerprint density at radius 1 is 1.25 bits per heavy atom. The number of fused-ring (bicyclic) bond motifs is 1. The molecule has 0 aliphatic carbocycles. The lowest BCUT2D eigenvalue weighted by Gasteiger charge is -2.20. The number of hydrogen-bond acceptors (Lipinski definition) is 3. The summed E-state index contributed by atoms with van der Waals surface area (Å²) in [6.45, 7) is 4.85. The average molecular weight is 276 g/mol. The first kappa shape index (κ1) is 15.3. The van der Waals surface area contributed by atoms with Gasteiger partial charge in [-0.25, -0.2) is 0 Å². The minimum Gasteiger partial charge on any atom is -0.396 e. The molecule has 2 rings (SSSR count). The van der Waals surface area contributed by atoms with Gasteiger partial charge in [0.2, 0.25) is 0 Å². The van der Waals surface area contributed by atoms with Crippen LogP contribution >= 0.6 is 0 Å². The van der Waals surface area contributed by atoms with Crippen molar-refractivity contribution in [3.8, 4) is 0 Å². The van der Waals surface area contributed by atoms with E-state index < -0.39 is 0 Å². The van der Waals surface area contributed by atoms with Crippen LogP contribution in [0.1, 0.15) is 49.8 Å². The second-order valence-corrected chi connectivity index (χ2v) is 5.77. The molecule has 0 bridgehead atoms. The molecule has 3 heteroatoms. The van der Waals surface area contributed by atoms with Crippen molar-refractivity contribution >= 4 is 5.69 Å². The molecule has 20 heavy (non-hydrogen) atoms. The summed E-state index contributed by atoms with van der Waals surface area (Å²) in [5.74, 6) is 0. The predicted molar refractivity (Wildman–Crippen MR) is 85.4 cm³/mol. The lowest BCUT2D eigenvalue weighted by Crippen LogP contribution is -2.21. The fraction of sp³-hybridized carbons (Fsp3) is 0.647. The summed E-state index contributed by atoms with van der Waals surface area (Å²) in [7, 11) is 2.01. The summed E-state index contributed by atoms with van der Waals surface area (Å²) in [5.41, 5.74) is 4.32. The van der Waals surface area contributed by atoms with Crippen LogP contribution in [0.25, 0.3) is 0 Å². The predicted octanol–water partition coefficient (Wildman–Crippen LogP) is 2.88. The number of nitrogens with zero attached hydrogens (tertiary/aromatic N) is 1. The van der Waals surface area contributed by atoms with E-state index in [1.54, 1.807) is 0 Å². The van der Waals surface area contributed by atoms with E-state index in [4.69, 9.17) is 5.11 Å². The number of hydrogen-bond donors (Lipinski definition) is 2. The number of unbranched alkanes of at least 4 members (excludes halogenated alkanes) is 3. The molecular formula is C17H28N2O. The third-order valence-electron chi connectivity index (χ3n) is 4.36. The topological polar surface area (TPSA) is 35.5 Å². The maximum Gasteiger partial charge on any atom is 0.0431 e. The second-order valence-electron chi connectivity index (χ2n) is 5.77. The number of rotatable bonds is 8. The number of aliphatic hydroxyl groups is 1. The highest BCUT2D eigenvalue weighted by Gasteiger charge is 2.19. The van der Waals surface area contributed by atoms with Crippen LogP contribution in [0.5, 0.6) is 0 Å². The highest BCUT2D eigenvalue weighted by molar-refractivity contribution is 5.59. The molecule has 1 aromatic rings. The second kappa shape index (κ2) is 7.65. The van der Waals surface area contributed by atoms with Crippen LogP contribution in [0.3, 0.4) is 0 Å². The number of aliphatic hydroxyl groups excluding tert-OH is 1. The van der Waals surface area contributed by atoms with Crippen molar-refractivity contribution in [3.63, 3.8) is 0 Å². The Morgan fingerprint density at radius 3 is 2.80 bits per heavy atom. The third kappa shape index (κ3) is 3.74. The molecular weight excluding hydrogens is 248 g/mol. The van der Waals surface area contributed by atoms with Gasteiger partial charge in [0.1, 0.15) is 0 Å². The Balaban J connectivity index is 1.89. The molecule has 0 fully saturated rings. The maximum atomic E-state index is 8.78. The molecule has 1 aliphatic rings. The van der Waals surface area contributed by atoms with Crippen molar-refractivity contribution in [2.75, 3.05) is 31.6 Å². The Morgan fingerprint density at radius 2 is 2.05 bits per heavy atom. The number of nitrogens with one attached hydrogen (secondary N) is 1. The van der Waals surface area contributed by atoms with Crippen LogP contribution in [0.15, 0.2) is 18.2 Å². The summed E-state index contributed by atoms with van der Waals surface area (Å²) >= 11 is 0. The van der Waals surface area contributed by atoms with Gasteiger partial charge in [0.05, 0.1) is 0 Å². The fourth-order valence-corrected chi connectivity index (χ4v) is 2.93. The number of benzene rings is 1. The SMILES string of the molecule is CNC(C)c1ccc2c(c1)CCN2CCCCCCO. The van der Waals surface area contributed by atoms with E-state index >= 15 is 0 Å². The largest absolute Gasteiger partial charge is 0.396 e. The Labute approximate surface area is 123 Å². The van der Waals surface area contributed by atoms with Crippen LogP contribution in [-0.2, 0) is 6.42 Å². The monoisotopic (exact) mass is 276 g/mol. The summed E-state index contributed by atoms with van der Waals surface area (Å²) in [5, 5.41) is 12.1. The van der Waals surface area contributed by atoms with Gasteiger partial charge in [0, 0.05) is 31.4 Å². The van der Waals surface area contributed by atoms with Crippen molar-refractivity contribution in [2.45, 2.75) is 45.1 Å². The lowest BCUT2D eigenvalue weighted by molar-refractivity contribution is 0.282. The minimum absolute atomic E-state index is 0.332. The van der Waals surface area contributed by atoms with Crippen molar-refractivity contribution in [1.29, 1.82) is 0 Å². The van der Waals surface area contributed by atoms with Crippen LogP contribution < -0.4 is 10.2 Å². The van der Waals surface area contributed by atoms with Crippen molar-refractivity contribution < 1.29 is 5.11 Å². The van der Waals surface area contributed by atoms with Crippen LogP contribution in [0.2, 0.25) is 0 Å². The van der Waals surface area contributed by atoms with Gasteiger partial charge in [0.15, 0.2) is 0 Å². The highest BCUT2D eigenvalue weighted by atomic mass is 16.2. The molecule has 112 valence electrons. The molecule has 0 aromatic heterocycles. The lowest BCUT2D eigenvalue weighted by atomic mass is 10.0. The van der Waals surface area contributed by atoms with Crippen molar-refractivity contribution in [1.82, 2.24) is 5.32 Å². The minimum atomic E-state index is 0.332. The third-order valence-corrected chi connectivity index (χ3v) is 4.36. The maximum absolute atomic E-state index is 8.78. The molecule has 0 saturated carbocycles.